The van der Waals surface area contributed by atoms with Crippen LogP contribution in [-0.2, 0) is 0 Å². The molecular formula is C36H18O4. The van der Waals surface area contributed by atoms with Crippen molar-refractivity contribution in [1.82, 2.24) is 0 Å². The summed E-state index contributed by atoms with van der Waals surface area (Å²) in [6.45, 7) is 0. The van der Waals surface area contributed by atoms with E-state index in [2.05, 4.69) is 60.7 Å². The minimum absolute atomic E-state index is 0.858. The number of fused-ring (bicyclic) bond motifs is 14. The lowest BCUT2D eigenvalue weighted by molar-refractivity contribution is 0.663. The molecular weight excluding hydrogens is 496 g/mol. The van der Waals surface area contributed by atoms with Crippen LogP contribution in [0.1, 0.15) is 0 Å². The van der Waals surface area contributed by atoms with Crippen molar-refractivity contribution in [3.8, 4) is 11.1 Å². The predicted molar refractivity (Wildman–Crippen MR) is 161 cm³/mol. The molecule has 6 aromatic carbocycles. The van der Waals surface area contributed by atoms with Crippen molar-refractivity contribution in [2.45, 2.75) is 0 Å². The molecule has 10 aromatic rings. The molecule has 4 nitrogen and oxygen atoms in total. The number of hydrogen-bond acceptors (Lipinski definition) is 4. The second-order valence-corrected chi connectivity index (χ2v) is 10.4. The van der Waals surface area contributed by atoms with Crippen LogP contribution >= 0.6 is 0 Å². The topological polar surface area (TPSA) is 52.6 Å². The van der Waals surface area contributed by atoms with Gasteiger partial charge < -0.3 is 17.7 Å². The maximum absolute atomic E-state index is 6.30. The second-order valence-electron chi connectivity index (χ2n) is 10.4. The third-order valence-electron chi connectivity index (χ3n) is 8.28. The largest absolute Gasteiger partial charge is 0.456 e. The molecule has 4 heteroatoms. The number of rotatable bonds is 1. The highest BCUT2D eigenvalue weighted by Gasteiger charge is 2.19. The summed E-state index contributed by atoms with van der Waals surface area (Å²) in [6.07, 6.45) is 0. The minimum Gasteiger partial charge on any atom is -0.456 e. The molecule has 0 unspecified atom stereocenters. The number of hydrogen-bond donors (Lipinski definition) is 0. The van der Waals surface area contributed by atoms with Crippen LogP contribution in [0.15, 0.2) is 127 Å². The van der Waals surface area contributed by atoms with E-state index >= 15 is 0 Å². The quantitative estimate of drug-likeness (QED) is 0.219. The van der Waals surface area contributed by atoms with Crippen LogP contribution in [0.4, 0.5) is 0 Å². The van der Waals surface area contributed by atoms with Gasteiger partial charge in [0.2, 0.25) is 0 Å². The molecule has 0 spiro atoms. The van der Waals surface area contributed by atoms with Crippen molar-refractivity contribution >= 4 is 87.8 Å². The van der Waals surface area contributed by atoms with Gasteiger partial charge in [0.15, 0.2) is 0 Å². The highest BCUT2D eigenvalue weighted by atomic mass is 16.3. The van der Waals surface area contributed by atoms with Crippen molar-refractivity contribution in [2.24, 2.45) is 0 Å². The first-order valence-electron chi connectivity index (χ1n) is 13.3. The lowest BCUT2D eigenvalue weighted by Gasteiger charge is -2.03. The van der Waals surface area contributed by atoms with Gasteiger partial charge in [-0.2, -0.15) is 0 Å². The molecule has 4 aromatic heterocycles. The van der Waals surface area contributed by atoms with E-state index in [0.29, 0.717) is 0 Å². The summed E-state index contributed by atoms with van der Waals surface area (Å²) in [5, 5.41) is 8.69. The summed E-state index contributed by atoms with van der Waals surface area (Å²) in [5.41, 5.74) is 9.15. The zero-order valence-electron chi connectivity index (χ0n) is 21.0. The Labute approximate surface area is 225 Å². The summed E-state index contributed by atoms with van der Waals surface area (Å²) < 4.78 is 24.9. The van der Waals surface area contributed by atoms with Gasteiger partial charge in [-0.3, -0.25) is 0 Å². The number of benzene rings is 6. The standard InChI is InChI=1S/C36H18O4/c1-3-7-25-21(5-1)33-29(37-25)13-15-31-35(33)23-17-19(9-11-27(23)39-31)20-10-12-28-24(18-20)36-32(40-28)16-14-30-34(36)22-6-2-4-8-26(22)38-30/h1-18H. The third-order valence-corrected chi connectivity index (χ3v) is 8.28. The maximum atomic E-state index is 6.30. The fourth-order valence-corrected chi connectivity index (χ4v) is 6.52. The Bertz CT molecular complexity index is 2470. The molecule has 0 radical (unpaired) electrons. The van der Waals surface area contributed by atoms with Crippen LogP contribution in [0.3, 0.4) is 0 Å². The summed E-state index contributed by atoms with van der Waals surface area (Å²) in [5.74, 6) is 0. The fraction of sp³-hybridized carbons (Fsp3) is 0. The van der Waals surface area contributed by atoms with Crippen molar-refractivity contribution in [3.63, 3.8) is 0 Å². The molecule has 0 aliphatic heterocycles. The molecule has 0 atom stereocenters. The van der Waals surface area contributed by atoms with Gasteiger partial charge in [0.05, 0.1) is 0 Å². The molecule has 0 aliphatic carbocycles. The SMILES string of the molecule is c1ccc2c(c1)oc1ccc3oc4ccc(-c5ccc6oc7ccc8oc9ccccc9c8c7c6c5)cc4c3c12. The van der Waals surface area contributed by atoms with Gasteiger partial charge in [0.1, 0.15) is 44.7 Å². The summed E-state index contributed by atoms with van der Waals surface area (Å²) in [4.78, 5) is 0. The van der Waals surface area contributed by atoms with Gasteiger partial charge in [-0.25, -0.2) is 0 Å². The van der Waals surface area contributed by atoms with E-state index in [1.54, 1.807) is 0 Å². The van der Waals surface area contributed by atoms with Crippen LogP contribution in [0.25, 0.3) is 98.9 Å². The Morgan fingerprint density at radius 1 is 0.275 bits per heavy atom. The van der Waals surface area contributed by atoms with Gasteiger partial charge in [-0.15, -0.1) is 0 Å². The number of para-hydroxylation sites is 2. The van der Waals surface area contributed by atoms with Crippen molar-refractivity contribution in [1.29, 1.82) is 0 Å². The van der Waals surface area contributed by atoms with E-state index in [1.165, 1.54) is 0 Å². The van der Waals surface area contributed by atoms with E-state index in [1.807, 2.05) is 48.5 Å². The monoisotopic (exact) mass is 514 g/mol. The molecule has 0 fully saturated rings. The normalized spacial score (nSPS) is 12.5. The maximum Gasteiger partial charge on any atom is 0.136 e. The van der Waals surface area contributed by atoms with Crippen LogP contribution in [0.2, 0.25) is 0 Å². The van der Waals surface area contributed by atoms with Crippen molar-refractivity contribution in [2.75, 3.05) is 0 Å². The van der Waals surface area contributed by atoms with E-state index in [0.717, 1.165) is 98.9 Å². The zero-order valence-corrected chi connectivity index (χ0v) is 21.0. The van der Waals surface area contributed by atoms with Gasteiger partial charge >= 0.3 is 0 Å². The van der Waals surface area contributed by atoms with Crippen LogP contribution in [0.5, 0.6) is 0 Å². The smallest absolute Gasteiger partial charge is 0.136 e. The molecule has 0 amide bonds. The van der Waals surface area contributed by atoms with Gasteiger partial charge in [-0.1, -0.05) is 48.5 Å². The Morgan fingerprint density at radius 3 is 1.02 bits per heavy atom. The van der Waals surface area contributed by atoms with Crippen LogP contribution < -0.4 is 0 Å². The second kappa shape index (κ2) is 7.13. The Kier molecular flexibility index (Phi) is 3.65. The molecule has 0 saturated heterocycles. The Hall–Kier alpha value is -5.48. The predicted octanol–water partition coefficient (Wildman–Crippen LogP) is 11.0. The summed E-state index contributed by atoms with van der Waals surface area (Å²) in [7, 11) is 0. The summed E-state index contributed by atoms with van der Waals surface area (Å²) >= 11 is 0. The highest BCUT2D eigenvalue weighted by Crippen LogP contribution is 2.43. The molecule has 0 N–H and O–H groups in total. The Morgan fingerprint density at radius 2 is 0.600 bits per heavy atom. The summed E-state index contributed by atoms with van der Waals surface area (Å²) in [6, 6.07) is 37.2. The first-order chi connectivity index (χ1) is 19.8. The van der Waals surface area contributed by atoms with Crippen LogP contribution in [-0.4, -0.2) is 0 Å². The van der Waals surface area contributed by atoms with Gasteiger partial charge in [0.25, 0.3) is 0 Å². The van der Waals surface area contributed by atoms with Gasteiger partial charge in [0, 0.05) is 43.1 Å². The minimum atomic E-state index is 0.858. The lowest BCUT2D eigenvalue weighted by atomic mass is 9.98. The molecule has 0 aliphatic rings. The average Bonchev–Trinajstić information content (AvgIpc) is 3.75. The fourth-order valence-electron chi connectivity index (χ4n) is 6.52. The zero-order chi connectivity index (χ0) is 25.9. The van der Waals surface area contributed by atoms with E-state index in [4.69, 9.17) is 17.7 Å². The molecule has 0 bridgehead atoms. The van der Waals surface area contributed by atoms with Crippen molar-refractivity contribution < 1.29 is 17.7 Å². The van der Waals surface area contributed by atoms with E-state index in [-0.39, 0.29) is 0 Å². The van der Waals surface area contributed by atoms with Gasteiger partial charge in [-0.05, 0) is 71.8 Å². The lowest BCUT2D eigenvalue weighted by Crippen LogP contribution is -1.79. The molecule has 10 rings (SSSR count). The molecule has 186 valence electrons. The molecule has 4 heterocycles. The molecule has 0 saturated carbocycles. The first kappa shape index (κ1) is 20.5. The third kappa shape index (κ3) is 2.55. The van der Waals surface area contributed by atoms with E-state index < -0.39 is 0 Å². The first-order valence-corrected chi connectivity index (χ1v) is 13.3. The van der Waals surface area contributed by atoms with Crippen molar-refractivity contribution in [3.05, 3.63) is 109 Å². The van der Waals surface area contributed by atoms with E-state index in [9.17, 15) is 0 Å². The highest BCUT2D eigenvalue weighted by molar-refractivity contribution is 6.27. The molecule has 40 heavy (non-hydrogen) atoms. The Balaban J connectivity index is 1.27. The number of furan rings is 4. The average molecular weight is 515 g/mol. The van der Waals surface area contributed by atoms with Crippen LogP contribution in [0, 0.1) is 0 Å².